The second-order valence-corrected chi connectivity index (χ2v) is 4.89. The lowest BCUT2D eigenvalue weighted by atomic mass is 10.1. The number of benzene rings is 1. The minimum absolute atomic E-state index is 0.110. The summed E-state index contributed by atoms with van der Waals surface area (Å²) in [6, 6.07) is 4.46. The lowest BCUT2D eigenvalue weighted by Gasteiger charge is -2.14. The van der Waals surface area contributed by atoms with Gasteiger partial charge in [0.1, 0.15) is 23.1 Å². The van der Waals surface area contributed by atoms with Crippen molar-refractivity contribution >= 4 is 17.8 Å². The Hall–Kier alpha value is -3.34. The molecule has 2 aromatic rings. The molecule has 0 aliphatic carbocycles. The van der Waals surface area contributed by atoms with Crippen molar-refractivity contribution in [1.29, 1.82) is 5.26 Å². The first-order chi connectivity index (χ1) is 11.4. The number of rotatable bonds is 5. The Kier molecular flexibility index (Phi) is 4.84. The fraction of sp³-hybridized carbons (Fsp3) is 0.250. The summed E-state index contributed by atoms with van der Waals surface area (Å²) in [6.45, 7) is 5.31. The van der Waals surface area contributed by atoms with Gasteiger partial charge in [0.05, 0.1) is 11.5 Å². The molecular weight excluding hydrogens is 314 g/mol. The molecule has 0 aliphatic rings. The first kappa shape index (κ1) is 17.0. The van der Waals surface area contributed by atoms with E-state index >= 15 is 0 Å². The third kappa shape index (κ3) is 3.20. The van der Waals surface area contributed by atoms with Gasteiger partial charge in [-0.3, -0.25) is 10.1 Å². The molecule has 0 saturated carbocycles. The van der Waals surface area contributed by atoms with Gasteiger partial charge in [0, 0.05) is 29.2 Å². The van der Waals surface area contributed by atoms with Crippen molar-refractivity contribution < 1.29 is 19.2 Å². The van der Waals surface area contributed by atoms with Gasteiger partial charge in [-0.1, -0.05) is 0 Å². The number of hydrogen-bond acceptors (Lipinski definition) is 7. The van der Waals surface area contributed by atoms with Crippen LogP contribution in [0.25, 0.3) is 0 Å². The molecule has 124 valence electrons. The predicted octanol–water partition coefficient (Wildman–Crippen LogP) is 2.90. The van der Waals surface area contributed by atoms with E-state index in [1.165, 1.54) is 12.3 Å². The molecule has 0 atom stereocenters. The van der Waals surface area contributed by atoms with E-state index in [0.29, 0.717) is 22.5 Å². The van der Waals surface area contributed by atoms with Crippen LogP contribution >= 0.6 is 0 Å². The SMILES string of the molecule is CCOc1cc(C=Nc2oc(C)c(C)c2C#N)cc([N+](=O)[O-])c1[O-]. The number of aliphatic imine (C=N–C) groups is 1. The van der Waals surface area contributed by atoms with Crippen molar-refractivity contribution in [3.63, 3.8) is 0 Å². The topological polar surface area (TPSA) is 125 Å². The van der Waals surface area contributed by atoms with Crippen LogP contribution < -0.4 is 9.84 Å². The smallest absolute Gasteiger partial charge is 0.266 e. The summed E-state index contributed by atoms with van der Waals surface area (Å²) in [6.07, 6.45) is 1.29. The lowest BCUT2D eigenvalue weighted by Crippen LogP contribution is -2.04. The van der Waals surface area contributed by atoms with Crippen LogP contribution in [0.3, 0.4) is 0 Å². The van der Waals surface area contributed by atoms with Gasteiger partial charge in [0.2, 0.25) is 5.88 Å². The highest BCUT2D eigenvalue weighted by Gasteiger charge is 2.15. The second-order valence-electron chi connectivity index (χ2n) is 4.89. The molecule has 0 saturated heterocycles. The van der Waals surface area contributed by atoms with Gasteiger partial charge < -0.3 is 14.3 Å². The Morgan fingerprint density at radius 2 is 2.17 bits per heavy atom. The first-order valence-corrected chi connectivity index (χ1v) is 7.05. The molecule has 0 fully saturated rings. The zero-order chi connectivity index (χ0) is 17.9. The number of ether oxygens (including phenoxy) is 1. The van der Waals surface area contributed by atoms with Gasteiger partial charge in [0.25, 0.3) is 5.69 Å². The van der Waals surface area contributed by atoms with Crippen LogP contribution in [0.15, 0.2) is 21.5 Å². The number of hydrogen-bond donors (Lipinski definition) is 0. The average Bonchev–Trinajstić information content (AvgIpc) is 2.81. The van der Waals surface area contributed by atoms with E-state index in [9.17, 15) is 15.2 Å². The average molecular weight is 328 g/mol. The minimum atomic E-state index is -0.790. The van der Waals surface area contributed by atoms with Crippen molar-refractivity contribution in [1.82, 2.24) is 0 Å². The summed E-state index contributed by atoms with van der Waals surface area (Å²) < 4.78 is 10.5. The Morgan fingerprint density at radius 1 is 1.46 bits per heavy atom. The fourth-order valence-corrected chi connectivity index (χ4v) is 2.05. The summed E-state index contributed by atoms with van der Waals surface area (Å²) >= 11 is 0. The van der Waals surface area contributed by atoms with E-state index in [1.807, 2.05) is 6.07 Å². The molecule has 8 heteroatoms. The summed E-state index contributed by atoms with van der Waals surface area (Å²) in [7, 11) is 0. The van der Waals surface area contributed by atoms with Crippen LogP contribution in [0.5, 0.6) is 11.5 Å². The number of nitro groups is 1. The number of nitriles is 1. The van der Waals surface area contributed by atoms with Gasteiger partial charge in [-0.05, 0) is 26.8 Å². The molecule has 1 heterocycles. The fourth-order valence-electron chi connectivity index (χ4n) is 2.05. The maximum absolute atomic E-state index is 11.9. The Morgan fingerprint density at radius 3 is 2.75 bits per heavy atom. The van der Waals surface area contributed by atoms with Crippen molar-refractivity contribution in [2.75, 3.05) is 6.61 Å². The van der Waals surface area contributed by atoms with Crippen LogP contribution in [0, 0.1) is 35.3 Å². The zero-order valence-corrected chi connectivity index (χ0v) is 13.3. The van der Waals surface area contributed by atoms with E-state index < -0.39 is 16.4 Å². The van der Waals surface area contributed by atoms with E-state index in [4.69, 9.17) is 14.4 Å². The van der Waals surface area contributed by atoms with E-state index in [0.717, 1.165) is 6.07 Å². The minimum Gasteiger partial charge on any atom is -0.865 e. The van der Waals surface area contributed by atoms with Gasteiger partial charge >= 0.3 is 0 Å². The van der Waals surface area contributed by atoms with E-state index in [-0.39, 0.29) is 18.2 Å². The molecule has 0 bridgehead atoms. The predicted molar refractivity (Wildman–Crippen MR) is 83.9 cm³/mol. The molecule has 8 nitrogen and oxygen atoms in total. The highest BCUT2D eigenvalue weighted by molar-refractivity contribution is 5.85. The zero-order valence-electron chi connectivity index (χ0n) is 13.3. The summed E-state index contributed by atoms with van der Waals surface area (Å²) in [5, 5.41) is 32.0. The summed E-state index contributed by atoms with van der Waals surface area (Å²) in [5.74, 6) is -0.240. The maximum atomic E-state index is 11.9. The van der Waals surface area contributed by atoms with Crippen LogP contribution in [-0.2, 0) is 0 Å². The monoisotopic (exact) mass is 328 g/mol. The molecule has 0 radical (unpaired) electrons. The standard InChI is InChI=1S/C16H15N3O5/c1-4-23-14-6-11(5-13(15(14)20)19(21)22)8-18-16-12(7-17)9(2)10(3)24-16/h5-6,8,20H,4H2,1-3H3/p-1. The highest BCUT2D eigenvalue weighted by atomic mass is 16.6. The van der Waals surface area contributed by atoms with Crippen LogP contribution in [0.4, 0.5) is 11.6 Å². The van der Waals surface area contributed by atoms with Crippen LogP contribution in [0.2, 0.25) is 0 Å². The Labute approximate surface area is 137 Å². The molecule has 0 amide bonds. The lowest BCUT2D eigenvalue weighted by molar-refractivity contribution is -0.398. The van der Waals surface area contributed by atoms with Gasteiger partial charge in [-0.25, -0.2) is 4.99 Å². The number of aryl methyl sites for hydroxylation is 1. The molecule has 0 aliphatic heterocycles. The third-order valence-corrected chi connectivity index (χ3v) is 3.36. The van der Waals surface area contributed by atoms with Crippen molar-refractivity contribution in [3.05, 3.63) is 44.7 Å². The summed E-state index contributed by atoms with van der Waals surface area (Å²) in [5.41, 5.74) is 0.666. The number of nitro benzene ring substituents is 1. The summed E-state index contributed by atoms with van der Waals surface area (Å²) in [4.78, 5) is 14.3. The van der Waals surface area contributed by atoms with Gasteiger partial charge in [-0.15, -0.1) is 0 Å². The maximum Gasteiger partial charge on any atom is 0.266 e. The molecule has 0 spiro atoms. The van der Waals surface area contributed by atoms with Crippen LogP contribution in [-0.4, -0.2) is 17.7 Å². The molecule has 1 aromatic heterocycles. The van der Waals surface area contributed by atoms with Gasteiger partial charge in [0.15, 0.2) is 0 Å². The van der Waals surface area contributed by atoms with E-state index in [2.05, 4.69) is 4.99 Å². The highest BCUT2D eigenvalue weighted by Crippen LogP contribution is 2.35. The van der Waals surface area contributed by atoms with Crippen LogP contribution in [0.1, 0.15) is 29.4 Å². The second kappa shape index (κ2) is 6.83. The number of furan rings is 1. The molecule has 1 aromatic carbocycles. The largest absolute Gasteiger partial charge is 0.865 e. The third-order valence-electron chi connectivity index (χ3n) is 3.36. The molecule has 2 rings (SSSR count). The van der Waals surface area contributed by atoms with Gasteiger partial charge in [-0.2, -0.15) is 5.26 Å². The molecular formula is C16H14N3O5-. The van der Waals surface area contributed by atoms with Crippen molar-refractivity contribution in [3.8, 4) is 17.6 Å². The quantitative estimate of drug-likeness (QED) is 0.472. The number of nitrogens with zero attached hydrogens (tertiary/aromatic N) is 3. The molecule has 24 heavy (non-hydrogen) atoms. The van der Waals surface area contributed by atoms with E-state index in [1.54, 1.807) is 20.8 Å². The first-order valence-electron chi connectivity index (χ1n) is 7.05. The normalized spacial score (nSPS) is 10.8. The van der Waals surface area contributed by atoms with Crippen molar-refractivity contribution in [2.24, 2.45) is 4.99 Å². The Bertz CT molecular complexity index is 862. The Balaban J connectivity index is 2.48. The van der Waals surface area contributed by atoms with Crippen molar-refractivity contribution in [2.45, 2.75) is 20.8 Å². The molecule has 0 unspecified atom stereocenters. The molecule has 0 N–H and O–H groups in total.